The topological polar surface area (TPSA) is 135 Å². The summed E-state index contributed by atoms with van der Waals surface area (Å²) < 4.78 is 23.6. The fraction of sp³-hybridized carbons (Fsp3) is 0.778. The number of methoxy groups -OCH3 is 2. The van der Waals surface area contributed by atoms with Gasteiger partial charge in [-0.05, 0) is 19.8 Å². The molecule has 0 heterocycles. The number of carboxylic acid groups (broad SMARTS) is 1. The molecule has 0 spiro atoms. The van der Waals surface area contributed by atoms with Gasteiger partial charge in [-0.2, -0.15) is 0 Å². The molecular weight excluding hydrogens is 376 g/mol. The lowest BCUT2D eigenvalue weighted by Gasteiger charge is -2.23. The number of ether oxygens (including phenoxy) is 5. The summed E-state index contributed by atoms with van der Waals surface area (Å²) >= 11 is 0. The zero-order valence-corrected chi connectivity index (χ0v) is 16.8. The van der Waals surface area contributed by atoms with Crippen molar-refractivity contribution < 1.29 is 48.0 Å². The molecule has 162 valence electrons. The number of carbonyl (C=O) groups excluding carboxylic acids is 3. The number of aliphatic carboxylic acids is 1. The van der Waals surface area contributed by atoms with Gasteiger partial charge in [0.1, 0.15) is 6.10 Å². The number of carbonyl (C=O) groups is 4. The van der Waals surface area contributed by atoms with Crippen LogP contribution >= 0.6 is 0 Å². The van der Waals surface area contributed by atoms with E-state index in [0.717, 1.165) is 33.5 Å². The van der Waals surface area contributed by atoms with Gasteiger partial charge in [0.2, 0.25) is 6.29 Å². The van der Waals surface area contributed by atoms with E-state index < -0.39 is 42.6 Å². The van der Waals surface area contributed by atoms with Gasteiger partial charge in [-0.25, -0.2) is 9.59 Å². The van der Waals surface area contributed by atoms with Gasteiger partial charge in [-0.3, -0.25) is 9.59 Å². The Hall–Kier alpha value is -2.52. The first-order valence-electron chi connectivity index (χ1n) is 9.12. The summed E-state index contributed by atoms with van der Waals surface area (Å²) in [6, 6.07) is 0. The monoisotopic (exact) mass is 406 g/mol. The summed E-state index contributed by atoms with van der Waals surface area (Å²) in [5.74, 6) is -2.28. The summed E-state index contributed by atoms with van der Waals surface area (Å²) in [7, 11) is 2.29. The van der Waals surface area contributed by atoms with Gasteiger partial charge >= 0.3 is 24.2 Å². The molecule has 0 rings (SSSR count). The number of hydrogen-bond acceptors (Lipinski definition) is 9. The van der Waals surface area contributed by atoms with Crippen LogP contribution in [0, 0.1) is 5.92 Å². The van der Waals surface area contributed by atoms with Crippen molar-refractivity contribution in [2.45, 2.75) is 71.2 Å². The molecule has 0 aromatic heterocycles. The van der Waals surface area contributed by atoms with Crippen molar-refractivity contribution in [2.75, 3.05) is 14.2 Å². The quantitative estimate of drug-likeness (QED) is 0.210. The van der Waals surface area contributed by atoms with Crippen LogP contribution in [0.4, 0.5) is 9.59 Å². The van der Waals surface area contributed by atoms with E-state index in [1.165, 1.54) is 6.92 Å². The molecule has 0 saturated carbocycles. The Morgan fingerprint density at radius 3 is 1.89 bits per heavy atom. The van der Waals surface area contributed by atoms with Crippen LogP contribution < -0.4 is 0 Å². The Kier molecular flexibility index (Phi) is 13.2. The molecule has 0 amide bonds. The van der Waals surface area contributed by atoms with Crippen molar-refractivity contribution in [1.29, 1.82) is 0 Å². The zero-order valence-electron chi connectivity index (χ0n) is 16.8. The summed E-state index contributed by atoms with van der Waals surface area (Å²) in [5.41, 5.74) is 0. The second-order valence-electron chi connectivity index (χ2n) is 6.16. The van der Waals surface area contributed by atoms with Crippen molar-refractivity contribution in [3.63, 3.8) is 0 Å². The Morgan fingerprint density at radius 1 is 0.786 bits per heavy atom. The van der Waals surface area contributed by atoms with Crippen molar-refractivity contribution in [3.8, 4) is 0 Å². The average molecular weight is 406 g/mol. The highest BCUT2D eigenvalue weighted by molar-refractivity contribution is 5.74. The Morgan fingerprint density at radius 2 is 1.32 bits per heavy atom. The fourth-order valence-electron chi connectivity index (χ4n) is 2.46. The molecule has 3 atom stereocenters. The maximum atomic E-state index is 12.4. The maximum absolute atomic E-state index is 12.4. The second kappa shape index (κ2) is 14.5. The van der Waals surface area contributed by atoms with Crippen molar-refractivity contribution in [3.05, 3.63) is 0 Å². The predicted molar refractivity (Wildman–Crippen MR) is 95.4 cm³/mol. The van der Waals surface area contributed by atoms with E-state index in [1.54, 1.807) is 6.92 Å². The number of rotatable bonds is 13. The summed E-state index contributed by atoms with van der Waals surface area (Å²) in [6.07, 6.45) is 0.262. The Labute approximate surface area is 164 Å². The highest BCUT2D eigenvalue weighted by Crippen LogP contribution is 2.21. The highest BCUT2D eigenvalue weighted by Gasteiger charge is 2.31. The minimum Gasteiger partial charge on any atom is -0.481 e. The van der Waals surface area contributed by atoms with Crippen LogP contribution in [0.5, 0.6) is 0 Å². The number of hydrogen-bond donors (Lipinski definition) is 1. The fourth-order valence-corrected chi connectivity index (χ4v) is 2.46. The third-order valence-electron chi connectivity index (χ3n) is 3.93. The summed E-state index contributed by atoms with van der Waals surface area (Å²) in [5, 5.41) is 8.60. The molecule has 0 aromatic carbocycles. The number of unbranched alkanes of at least 4 members (excludes halogenated alkanes) is 4. The van der Waals surface area contributed by atoms with E-state index >= 15 is 0 Å². The first-order chi connectivity index (χ1) is 13.2. The molecule has 3 unspecified atom stereocenters. The van der Waals surface area contributed by atoms with Crippen LogP contribution in [0.3, 0.4) is 0 Å². The van der Waals surface area contributed by atoms with Gasteiger partial charge in [0.05, 0.1) is 20.1 Å². The molecule has 0 aromatic rings. The lowest BCUT2D eigenvalue weighted by atomic mass is 9.95. The lowest BCUT2D eigenvalue weighted by molar-refractivity contribution is -0.176. The first-order valence-corrected chi connectivity index (χ1v) is 9.12. The van der Waals surface area contributed by atoms with E-state index in [-0.39, 0.29) is 6.42 Å². The van der Waals surface area contributed by atoms with Gasteiger partial charge in [0, 0.05) is 13.3 Å². The van der Waals surface area contributed by atoms with Crippen LogP contribution in [0.25, 0.3) is 0 Å². The van der Waals surface area contributed by atoms with Crippen molar-refractivity contribution >= 4 is 24.2 Å². The Balaban J connectivity index is 4.60. The van der Waals surface area contributed by atoms with Gasteiger partial charge < -0.3 is 28.8 Å². The van der Waals surface area contributed by atoms with E-state index in [4.69, 9.17) is 19.3 Å². The molecular formula is C18H30O10. The van der Waals surface area contributed by atoms with Crippen molar-refractivity contribution in [1.82, 2.24) is 0 Å². The average Bonchev–Trinajstić information content (AvgIpc) is 2.62. The van der Waals surface area contributed by atoms with Crippen LogP contribution in [-0.4, -0.2) is 56.0 Å². The van der Waals surface area contributed by atoms with Gasteiger partial charge in [-0.15, -0.1) is 0 Å². The molecule has 0 radical (unpaired) electrons. The Bertz CT molecular complexity index is 505. The van der Waals surface area contributed by atoms with Gasteiger partial charge in [0.15, 0.2) is 0 Å². The second-order valence-corrected chi connectivity index (χ2v) is 6.16. The zero-order chi connectivity index (χ0) is 21.5. The molecule has 10 heteroatoms. The number of esters is 1. The third kappa shape index (κ3) is 12.0. The van der Waals surface area contributed by atoms with Gasteiger partial charge in [-0.1, -0.05) is 25.7 Å². The standard InChI is InChI=1S/C18H30O10/c1-12(26-17(22)24-3)14(10-8-6-5-7-9-11-15(19)20)16(21)27-13(2)28-18(23)25-4/h12-14H,5-11H2,1-4H3,(H,19,20). The minimum atomic E-state index is -1.16. The molecule has 0 aliphatic heterocycles. The van der Waals surface area contributed by atoms with Crippen molar-refractivity contribution in [2.24, 2.45) is 5.92 Å². The highest BCUT2D eigenvalue weighted by atomic mass is 16.8. The molecule has 28 heavy (non-hydrogen) atoms. The largest absolute Gasteiger partial charge is 0.511 e. The smallest absolute Gasteiger partial charge is 0.481 e. The van der Waals surface area contributed by atoms with E-state index in [0.29, 0.717) is 19.3 Å². The SMILES string of the molecule is COC(=O)OC(C)OC(=O)C(CCCCCCCC(=O)O)C(C)OC(=O)OC. The minimum absolute atomic E-state index is 0.136. The van der Waals surface area contributed by atoms with E-state index in [2.05, 4.69) is 9.47 Å². The molecule has 1 N–H and O–H groups in total. The van der Waals surface area contributed by atoms with Crippen LogP contribution in [-0.2, 0) is 33.3 Å². The maximum Gasteiger partial charge on any atom is 0.511 e. The van der Waals surface area contributed by atoms with E-state index in [9.17, 15) is 19.2 Å². The molecule has 0 bridgehead atoms. The predicted octanol–water partition coefficient (Wildman–Crippen LogP) is 3.26. The molecule has 0 aliphatic carbocycles. The van der Waals surface area contributed by atoms with Gasteiger partial charge in [0.25, 0.3) is 0 Å². The molecule has 10 nitrogen and oxygen atoms in total. The van der Waals surface area contributed by atoms with Crippen LogP contribution in [0.1, 0.15) is 58.8 Å². The molecule has 0 aliphatic rings. The van der Waals surface area contributed by atoms with Crippen LogP contribution in [0.15, 0.2) is 0 Å². The first kappa shape index (κ1) is 25.5. The third-order valence-corrected chi connectivity index (χ3v) is 3.93. The molecule has 0 fully saturated rings. The van der Waals surface area contributed by atoms with E-state index in [1.807, 2.05) is 0 Å². The normalized spacial score (nSPS) is 13.6. The summed E-state index contributed by atoms with van der Waals surface area (Å²) in [6.45, 7) is 2.90. The summed E-state index contributed by atoms with van der Waals surface area (Å²) in [4.78, 5) is 45.3. The van der Waals surface area contributed by atoms with Crippen LogP contribution in [0.2, 0.25) is 0 Å². The molecule has 0 saturated heterocycles. The lowest BCUT2D eigenvalue weighted by Crippen LogP contribution is -2.34. The number of carboxylic acids is 1.